The molecule has 2 aromatic carbocycles. The van der Waals surface area contributed by atoms with E-state index in [0.29, 0.717) is 23.3 Å². The maximum absolute atomic E-state index is 12.5. The lowest BCUT2D eigenvalue weighted by Crippen LogP contribution is -2.23. The van der Waals surface area contributed by atoms with Gasteiger partial charge in [-0.25, -0.2) is 0 Å². The number of benzene rings is 2. The highest BCUT2D eigenvalue weighted by atomic mass is 16.2. The lowest BCUT2D eigenvalue weighted by atomic mass is 9.84. The van der Waals surface area contributed by atoms with Crippen LogP contribution in [0.2, 0.25) is 0 Å². The Bertz CT molecular complexity index is 845. The number of carbonyl (C=O) groups excluding carboxylic acids is 2. The van der Waals surface area contributed by atoms with Gasteiger partial charge in [-0.3, -0.25) is 14.6 Å². The molecule has 3 rings (SSSR count). The van der Waals surface area contributed by atoms with E-state index in [2.05, 4.69) is 4.99 Å². The zero-order valence-electron chi connectivity index (χ0n) is 13.2. The van der Waals surface area contributed by atoms with E-state index in [0.717, 1.165) is 16.7 Å². The van der Waals surface area contributed by atoms with Crippen LogP contribution in [0.1, 0.15) is 36.2 Å². The predicted octanol–water partition coefficient (Wildman–Crippen LogP) is 4.33. The molecule has 0 aliphatic heterocycles. The number of allylic oxidation sites excluding steroid dienone is 1. The molecule has 0 N–H and O–H groups in total. The van der Waals surface area contributed by atoms with Crippen molar-refractivity contribution in [2.75, 3.05) is 0 Å². The topological polar surface area (TPSA) is 46.5 Å². The van der Waals surface area contributed by atoms with Crippen LogP contribution in [-0.2, 0) is 4.79 Å². The van der Waals surface area contributed by atoms with Crippen LogP contribution in [0.5, 0.6) is 0 Å². The lowest BCUT2D eigenvalue weighted by molar-refractivity contribution is -0.112. The second kappa shape index (κ2) is 6.13. The van der Waals surface area contributed by atoms with E-state index >= 15 is 0 Å². The maximum Gasteiger partial charge on any atom is 0.233 e. The van der Waals surface area contributed by atoms with E-state index in [4.69, 9.17) is 0 Å². The van der Waals surface area contributed by atoms with Gasteiger partial charge in [0.15, 0.2) is 0 Å². The predicted molar refractivity (Wildman–Crippen MR) is 92.6 cm³/mol. The SMILES string of the molecule is CC=NC1=C(CC)C(=O)C(=O)c2cc(-c3ccccc3)ccc21. The van der Waals surface area contributed by atoms with Gasteiger partial charge in [0.05, 0.1) is 5.70 Å². The summed E-state index contributed by atoms with van der Waals surface area (Å²) in [5.41, 5.74) is 4.23. The molecule has 0 saturated carbocycles. The smallest absolute Gasteiger partial charge is 0.233 e. The third-order valence-electron chi connectivity index (χ3n) is 4.00. The summed E-state index contributed by atoms with van der Waals surface area (Å²) in [5.74, 6) is -0.879. The molecule has 1 aliphatic carbocycles. The molecule has 1 aliphatic rings. The highest BCUT2D eigenvalue weighted by Gasteiger charge is 2.31. The molecule has 0 saturated heterocycles. The van der Waals surface area contributed by atoms with Crippen LogP contribution in [-0.4, -0.2) is 17.8 Å². The molecule has 0 bridgehead atoms. The molecule has 0 atom stereocenters. The fraction of sp³-hybridized carbons (Fsp3) is 0.150. The van der Waals surface area contributed by atoms with Gasteiger partial charge >= 0.3 is 0 Å². The second-order valence-electron chi connectivity index (χ2n) is 5.35. The highest BCUT2D eigenvalue weighted by molar-refractivity contribution is 6.52. The molecule has 3 heteroatoms. The van der Waals surface area contributed by atoms with Crippen molar-refractivity contribution in [1.82, 2.24) is 0 Å². The van der Waals surface area contributed by atoms with Crippen molar-refractivity contribution in [2.45, 2.75) is 20.3 Å². The number of Topliss-reactive ketones (excluding diaryl/α,β-unsaturated/α-hetero) is 2. The van der Waals surface area contributed by atoms with E-state index in [1.165, 1.54) is 0 Å². The van der Waals surface area contributed by atoms with Gasteiger partial charge in [0.2, 0.25) is 11.6 Å². The Morgan fingerprint density at radius 1 is 0.913 bits per heavy atom. The molecule has 3 nitrogen and oxygen atoms in total. The van der Waals surface area contributed by atoms with E-state index in [9.17, 15) is 9.59 Å². The van der Waals surface area contributed by atoms with Crippen LogP contribution in [0.15, 0.2) is 59.1 Å². The van der Waals surface area contributed by atoms with E-state index < -0.39 is 11.6 Å². The molecule has 0 spiro atoms. The van der Waals surface area contributed by atoms with Crippen molar-refractivity contribution in [3.05, 3.63) is 65.2 Å². The minimum atomic E-state index is -0.440. The van der Waals surface area contributed by atoms with Gasteiger partial charge in [-0.05, 0) is 30.5 Å². The molecule has 0 fully saturated rings. The van der Waals surface area contributed by atoms with Crippen molar-refractivity contribution in [1.29, 1.82) is 0 Å². The number of ketones is 2. The molecule has 2 aromatic rings. The summed E-state index contributed by atoms with van der Waals surface area (Å²) in [4.78, 5) is 29.2. The Morgan fingerprint density at radius 3 is 2.30 bits per heavy atom. The van der Waals surface area contributed by atoms with Gasteiger partial charge in [0.1, 0.15) is 0 Å². The number of carbonyl (C=O) groups is 2. The summed E-state index contributed by atoms with van der Waals surface area (Å²) in [6, 6.07) is 15.5. The molecular formula is C20H17NO2. The Kier molecular flexibility index (Phi) is 4.02. The van der Waals surface area contributed by atoms with Gasteiger partial charge in [-0.15, -0.1) is 0 Å². The average molecular weight is 303 g/mol. The van der Waals surface area contributed by atoms with Crippen molar-refractivity contribution in [3.63, 3.8) is 0 Å². The first-order valence-electron chi connectivity index (χ1n) is 7.68. The molecule has 23 heavy (non-hydrogen) atoms. The van der Waals surface area contributed by atoms with Gasteiger partial charge in [0, 0.05) is 22.9 Å². The fourth-order valence-corrected chi connectivity index (χ4v) is 2.88. The van der Waals surface area contributed by atoms with Crippen molar-refractivity contribution < 1.29 is 9.59 Å². The minimum Gasteiger partial charge on any atom is -0.285 e. The Labute approximate surface area is 135 Å². The zero-order valence-corrected chi connectivity index (χ0v) is 13.2. The van der Waals surface area contributed by atoms with Gasteiger partial charge in [-0.1, -0.05) is 49.4 Å². The Hall–Kier alpha value is -2.81. The third-order valence-corrected chi connectivity index (χ3v) is 4.00. The number of rotatable bonds is 3. The van der Waals surface area contributed by atoms with Crippen LogP contribution in [0.3, 0.4) is 0 Å². The first-order chi connectivity index (χ1) is 11.2. The van der Waals surface area contributed by atoms with Crippen molar-refractivity contribution in [2.24, 2.45) is 4.99 Å². The molecule has 0 aromatic heterocycles. The average Bonchev–Trinajstić information content (AvgIpc) is 2.60. The summed E-state index contributed by atoms with van der Waals surface area (Å²) in [7, 11) is 0. The third kappa shape index (κ3) is 2.55. The summed E-state index contributed by atoms with van der Waals surface area (Å²) < 4.78 is 0. The van der Waals surface area contributed by atoms with Gasteiger partial charge in [0.25, 0.3) is 0 Å². The molecule has 114 valence electrons. The highest BCUT2D eigenvalue weighted by Crippen LogP contribution is 2.34. The van der Waals surface area contributed by atoms with Crippen LogP contribution in [0.4, 0.5) is 0 Å². The van der Waals surface area contributed by atoms with Crippen LogP contribution >= 0.6 is 0 Å². The molecule has 0 heterocycles. The van der Waals surface area contributed by atoms with E-state index in [-0.39, 0.29) is 0 Å². The van der Waals surface area contributed by atoms with Crippen molar-refractivity contribution in [3.8, 4) is 11.1 Å². The minimum absolute atomic E-state index is 0.439. The molecule has 0 amide bonds. The van der Waals surface area contributed by atoms with E-state index in [1.54, 1.807) is 19.2 Å². The monoisotopic (exact) mass is 303 g/mol. The second-order valence-corrected chi connectivity index (χ2v) is 5.35. The molecule has 0 unspecified atom stereocenters. The molecular weight excluding hydrogens is 286 g/mol. The lowest BCUT2D eigenvalue weighted by Gasteiger charge is -2.19. The first kappa shape index (κ1) is 15.1. The Morgan fingerprint density at radius 2 is 1.65 bits per heavy atom. The first-order valence-corrected chi connectivity index (χ1v) is 7.68. The number of fused-ring (bicyclic) bond motifs is 1. The number of aliphatic imine (C=N–C) groups is 1. The largest absolute Gasteiger partial charge is 0.285 e. The number of nitrogens with zero attached hydrogens (tertiary/aromatic N) is 1. The number of hydrogen-bond acceptors (Lipinski definition) is 3. The standard InChI is InChI=1S/C20H17NO2/c1-3-15-18(21-4-2)16-11-10-14(13-8-6-5-7-9-13)12-17(16)20(23)19(15)22/h4-12H,3H2,1-2H3. The normalized spacial score (nSPS) is 14.5. The zero-order chi connectivity index (χ0) is 16.4. The summed E-state index contributed by atoms with van der Waals surface area (Å²) in [6.45, 7) is 3.67. The van der Waals surface area contributed by atoms with Crippen LogP contribution in [0, 0.1) is 0 Å². The summed E-state index contributed by atoms with van der Waals surface area (Å²) in [6.07, 6.45) is 2.15. The number of hydrogen-bond donors (Lipinski definition) is 0. The summed E-state index contributed by atoms with van der Waals surface area (Å²) >= 11 is 0. The van der Waals surface area contributed by atoms with Crippen LogP contribution in [0.25, 0.3) is 16.8 Å². The maximum atomic E-state index is 12.5. The van der Waals surface area contributed by atoms with Gasteiger partial charge in [-0.2, -0.15) is 0 Å². The molecule has 0 radical (unpaired) electrons. The van der Waals surface area contributed by atoms with Crippen LogP contribution < -0.4 is 0 Å². The van der Waals surface area contributed by atoms with Crippen molar-refractivity contribution >= 4 is 23.5 Å². The summed E-state index contributed by atoms with van der Waals surface area (Å²) in [5, 5.41) is 0. The fourth-order valence-electron chi connectivity index (χ4n) is 2.88. The van der Waals surface area contributed by atoms with E-state index in [1.807, 2.05) is 49.4 Å². The Balaban J connectivity index is 2.22. The van der Waals surface area contributed by atoms with Gasteiger partial charge < -0.3 is 0 Å². The quantitative estimate of drug-likeness (QED) is 0.626.